The van der Waals surface area contributed by atoms with Crippen molar-refractivity contribution in [1.82, 2.24) is 20.1 Å². The second kappa shape index (κ2) is 7.64. The van der Waals surface area contributed by atoms with Gasteiger partial charge in [-0.3, -0.25) is 14.7 Å². The van der Waals surface area contributed by atoms with Crippen LogP contribution >= 0.6 is 0 Å². The number of nitrogens with zero attached hydrogens (tertiary/aromatic N) is 2. The van der Waals surface area contributed by atoms with Gasteiger partial charge in [-0.2, -0.15) is 5.10 Å². The van der Waals surface area contributed by atoms with Crippen molar-refractivity contribution >= 4 is 22.6 Å². The van der Waals surface area contributed by atoms with Gasteiger partial charge in [0.05, 0.1) is 7.11 Å². The number of carbonyl (C=O) groups is 2. The lowest BCUT2D eigenvalue weighted by atomic mass is 9.91. The van der Waals surface area contributed by atoms with Crippen molar-refractivity contribution < 1.29 is 18.7 Å². The summed E-state index contributed by atoms with van der Waals surface area (Å²) in [6.07, 6.45) is 0.618. The van der Waals surface area contributed by atoms with Crippen molar-refractivity contribution in [3.8, 4) is 5.75 Å². The van der Waals surface area contributed by atoms with E-state index in [-0.39, 0.29) is 23.1 Å². The molecule has 2 N–H and O–H groups in total. The van der Waals surface area contributed by atoms with Gasteiger partial charge in [0.15, 0.2) is 5.78 Å². The van der Waals surface area contributed by atoms with Gasteiger partial charge in [0.25, 0.3) is 5.91 Å². The van der Waals surface area contributed by atoms with E-state index in [2.05, 4.69) is 15.2 Å². The molecule has 1 atom stereocenters. The minimum Gasteiger partial charge on any atom is -0.497 e. The first-order valence-electron chi connectivity index (χ1n) is 10.3. The first kappa shape index (κ1) is 20.0. The summed E-state index contributed by atoms with van der Waals surface area (Å²) in [6, 6.07) is 13.3. The molecule has 4 aromatic rings. The number of para-hydroxylation sites is 1. The predicted molar refractivity (Wildman–Crippen MR) is 116 cm³/mol. The van der Waals surface area contributed by atoms with Crippen molar-refractivity contribution in [1.29, 1.82) is 0 Å². The summed E-state index contributed by atoms with van der Waals surface area (Å²) >= 11 is 0. The molecule has 1 unspecified atom stereocenters. The van der Waals surface area contributed by atoms with Gasteiger partial charge in [-0.05, 0) is 36.2 Å². The Morgan fingerprint density at radius 2 is 2.00 bits per heavy atom. The van der Waals surface area contributed by atoms with Crippen LogP contribution in [-0.2, 0) is 6.42 Å². The summed E-state index contributed by atoms with van der Waals surface area (Å²) < 4.78 is 20.4. The fourth-order valence-corrected chi connectivity index (χ4v) is 4.41. The summed E-state index contributed by atoms with van der Waals surface area (Å²) in [6.45, 7) is 1.77. The molecular weight excluding hydrogens is 411 g/mol. The maximum atomic E-state index is 15.2. The number of hydrogen-bond donors (Lipinski definition) is 2. The molecule has 0 fully saturated rings. The first-order chi connectivity index (χ1) is 15.5. The van der Waals surface area contributed by atoms with Crippen LogP contribution in [0.2, 0.25) is 0 Å². The highest BCUT2D eigenvalue weighted by molar-refractivity contribution is 5.98. The molecule has 32 heavy (non-hydrogen) atoms. The predicted octanol–water partition coefficient (Wildman–Crippen LogP) is 4.03. The average molecular weight is 432 g/mol. The molecule has 2 aromatic heterocycles. The van der Waals surface area contributed by atoms with Crippen molar-refractivity contribution in [3.63, 3.8) is 0 Å². The zero-order valence-corrected chi connectivity index (χ0v) is 17.6. The Bertz CT molecular complexity index is 1360. The van der Waals surface area contributed by atoms with Crippen LogP contribution in [0, 0.1) is 5.82 Å². The Hall–Kier alpha value is -3.94. The highest BCUT2D eigenvalue weighted by Crippen LogP contribution is 2.40. The molecule has 162 valence electrons. The van der Waals surface area contributed by atoms with Crippen molar-refractivity contribution in [2.75, 3.05) is 13.7 Å². The van der Waals surface area contributed by atoms with E-state index in [0.717, 1.165) is 22.2 Å². The molecular formula is C24H21FN4O3. The third-order valence-electron chi connectivity index (χ3n) is 5.97. The number of aromatic nitrogens is 3. The highest BCUT2D eigenvalue weighted by atomic mass is 19.1. The van der Waals surface area contributed by atoms with E-state index in [1.807, 2.05) is 24.3 Å². The van der Waals surface area contributed by atoms with Crippen LogP contribution in [0.4, 0.5) is 4.39 Å². The fraction of sp³-hybridized carbons (Fsp3) is 0.208. The smallest absolute Gasteiger partial charge is 0.272 e. The Morgan fingerprint density at radius 1 is 1.19 bits per heavy atom. The number of Topliss-reactive ketones (excluding diaryl/α,β-unsaturated/α-hetero) is 1. The minimum atomic E-state index is -0.673. The van der Waals surface area contributed by atoms with Crippen LogP contribution in [-0.4, -0.2) is 45.4 Å². The number of nitrogens with one attached hydrogen (secondary N) is 2. The molecule has 0 aliphatic carbocycles. The number of aromatic amines is 2. The third kappa shape index (κ3) is 3.15. The van der Waals surface area contributed by atoms with Crippen LogP contribution in [0.15, 0.2) is 48.5 Å². The highest BCUT2D eigenvalue weighted by Gasteiger charge is 2.37. The molecule has 1 aliphatic heterocycles. The third-order valence-corrected chi connectivity index (χ3v) is 5.97. The molecule has 1 amide bonds. The van der Waals surface area contributed by atoms with Crippen molar-refractivity contribution in [3.05, 3.63) is 82.6 Å². The molecule has 2 aromatic carbocycles. The Kier molecular flexibility index (Phi) is 4.77. The van der Waals surface area contributed by atoms with Crippen LogP contribution in [0.25, 0.3) is 10.9 Å². The van der Waals surface area contributed by atoms with Gasteiger partial charge in [0.2, 0.25) is 0 Å². The molecule has 0 saturated heterocycles. The number of rotatable bonds is 4. The topological polar surface area (TPSA) is 91.1 Å². The van der Waals surface area contributed by atoms with Gasteiger partial charge in [-0.15, -0.1) is 0 Å². The minimum absolute atomic E-state index is 0.184. The molecule has 8 heteroatoms. The number of H-pyrrole nitrogens is 2. The summed E-state index contributed by atoms with van der Waals surface area (Å²) in [5.74, 6) is -0.659. The summed E-state index contributed by atoms with van der Waals surface area (Å²) in [4.78, 5) is 30.1. The lowest BCUT2D eigenvalue weighted by Gasteiger charge is -2.36. The number of amides is 1. The van der Waals surface area contributed by atoms with Crippen LogP contribution < -0.4 is 4.74 Å². The largest absolute Gasteiger partial charge is 0.497 e. The van der Waals surface area contributed by atoms with E-state index in [9.17, 15) is 9.59 Å². The maximum absolute atomic E-state index is 15.2. The van der Waals surface area contributed by atoms with Gasteiger partial charge in [0, 0.05) is 41.7 Å². The summed E-state index contributed by atoms with van der Waals surface area (Å²) in [5, 5.41) is 7.65. The molecule has 3 heterocycles. The number of hydrogen-bond acceptors (Lipinski definition) is 4. The zero-order chi connectivity index (χ0) is 22.4. The summed E-state index contributed by atoms with van der Waals surface area (Å²) in [5.41, 5.74) is 3.52. The average Bonchev–Trinajstić information content (AvgIpc) is 3.43. The van der Waals surface area contributed by atoms with Crippen LogP contribution in [0.5, 0.6) is 5.75 Å². The molecule has 5 rings (SSSR count). The maximum Gasteiger partial charge on any atom is 0.272 e. The standard InChI is InChI=1S/C24H21FN4O3/c1-13(30)20-12-21(28-27-20)24(31)29-10-9-16-15-5-3-4-6-19(15)26-22(16)23(29)17-8-7-14(32-2)11-18(17)25/h3-8,11-12,23,26H,9-10H2,1-2H3,(H,27,28). The summed E-state index contributed by atoms with van der Waals surface area (Å²) in [7, 11) is 1.48. The molecule has 0 bridgehead atoms. The number of methoxy groups -OCH3 is 1. The lowest BCUT2D eigenvalue weighted by Crippen LogP contribution is -2.41. The van der Waals surface area contributed by atoms with Gasteiger partial charge in [-0.25, -0.2) is 4.39 Å². The number of ether oxygens (including phenoxy) is 1. The number of carbonyl (C=O) groups excluding carboxylic acids is 2. The Balaban J connectivity index is 1.66. The second-order valence-corrected chi connectivity index (χ2v) is 7.82. The van der Waals surface area contributed by atoms with E-state index in [0.29, 0.717) is 24.3 Å². The Morgan fingerprint density at radius 3 is 2.72 bits per heavy atom. The van der Waals surface area contributed by atoms with Gasteiger partial charge in [0.1, 0.15) is 29.0 Å². The number of ketones is 1. The normalized spacial score (nSPS) is 15.6. The first-order valence-corrected chi connectivity index (χ1v) is 10.3. The second-order valence-electron chi connectivity index (χ2n) is 7.82. The lowest BCUT2D eigenvalue weighted by molar-refractivity contribution is 0.0683. The zero-order valence-electron chi connectivity index (χ0n) is 17.6. The van der Waals surface area contributed by atoms with Crippen LogP contribution in [0.1, 0.15) is 50.8 Å². The molecule has 0 saturated carbocycles. The van der Waals surface area contributed by atoms with Gasteiger partial charge >= 0.3 is 0 Å². The Labute approximate surface area is 183 Å². The van der Waals surface area contributed by atoms with E-state index < -0.39 is 11.9 Å². The van der Waals surface area contributed by atoms with E-state index >= 15 is 4.39 Å². The monoisotopic (exact) mass is 432 g/mol. The molecule has 0 spiro atoms. The quantitative estimate of drug-likeness (QED) is 0.477. The van der Waals surface area contributed by atoms with E-state index in [1.54, 1.807) is 17.0 Å². The number of halogens is 1. The van der Waals surface area contributed by atoms with Crippen molar-refractivity contribution in [2.45, 2.75) is 19.4 Å². The fourth-order valence-electron chi connectivity index (χ4n) is 4.41. The van der Waals surface area contributed by atoms with E-state index in [1.165, 1.54) is 26.2 Å². The SMILES string of the molecule is COc1ccc(C2c3[nH]c4ccccc4c3CCN2C(=O)c2cc(C(C)=O)n[nH]2)c(F)c1. The molecule has 1 aliphatic rings. The van der Waals surface area contributed by atoms with E-state index in [4.69, 9.17) is 4.74 Å². The van der Waals surface area contributed by atoms with Crippen LogP contribution in [0.3, 0.4) is 0 Å². The number of benzene rings is 2. The molecule has 0 radical (unpaired) electrons. The van der Waals surface area contributed by atoms with Gasteiger partial charge < -0.3 is 14.6 Å². The van der Waals surface area contributed by atoms with Gasteiger partial charge in [-0.1, -0.05) is 18.2 Å². The number of fused-ring (bicyclic) bond motifs is 3. The van der Waals surface area contributed by atoms with Crippen molar-refractivity contribution in [2.24, 2.45) is 0 Å². The molecule has 7 nitrogen and oxygen atoms in total.